The van der Waals surface area contributed by atoms with E-state index in [9.17, 15) is 9.18 Å². The number of nitrogens with one attached hydrogen (secondary N) is 1. The Morgan fingerprint density at radius 1 is 1.16 bits per heavy atom. The van der Waals surface area contributed by atoms with E-state index in [1.807, 2.05) is 0 Å². The van der Waals surface area contributed by atoms with Gasteiger partial charge in [0.15, 0.2) is 0 Å². The zero-order chi connectivity index (χ0) is 13.4. The Labute approximate surface area is 114 Å². The summed E-state index contributed by atoms with van der Waals surface area (Å²) in [6.07, 6.45) is 1.65. The molecule has 0 aliphatic carbocycles. The minimum Gasteiger partial charge on any atom is -0.321 e. The zero-order valence-corrected chi connectivity index (χ0v) is 10.5. The van der Waals surface area contributed by atoms with Crippen molar-refractivity contribution in [3.05, 3.63) is 64.4 Å². The third kappa shape index (κ3) is 2.25. The third-order valence-electron chi connectivity index (χ3n) is 2.92. The highest BCUT2D eigenvalue weighted by Crippen LogP contribution is 2.34. The molecule has 1 amide bonds. The second kappa shape index (κ2) is 4.52. The number of halogens is 2. The molecule has 0 saturated carbocycles. The van der Waals surface area contributed by atoms with Gasteiger partial charge in [-0.3, -0.25) is 4.79 Å². The maximum Gasteiger partial charge on any atom is 0.256 e. The Bertz CT molecular complexity index is 709. The van der Waals surface area contributed by atoms with Crippen LogP contribution in [0.5, 0.6) is 0 Å². The molecule has 1 heterocycles. The average Bonchev–Trinajstić information content (AvgIpc) is 2.66. The van der Waals surface area contributed by atoms with Gasteiger partial charge in [0.05, 0.1) is 0 Å². The molecule has 0 atom stereocenters. The van der Waals surface area contributed by atoms with Crippen LogP contribution in [0, 0.1) is 5.82 Å². The van der Waals surface area contributed by atoms with Crippen molar-refractivity contribution in [2.45, 2.75) is 0 Å². The summed E-state index contributed by atoms with van der Waals surface area (Å²) in [4.78, 5) is 11.9. The largest absolute Gasteiger partial charge is 0.321 e. The van der Waals surface area contributed by atoms with E-state index in [2.05, 4.69) is 5.32 Å². The molecule has 2 aromatic carbocycles. The summed E-state index contributed by atoms with van der Waals surface area (Å²) >= 11 is 5.94. The number of hydrogen-bond acceptors (Lipinski definition) is 1. The minimum atomic E-state index is -0.334. The number of rotatable bonds is 1. The standard InChI is InChI=1S/C15H9ClFNO/c16-10-4-5-14-12(8-10)13(15(19)18-14)7-9-2-1-3-11(17)6-9/h1-8H,(H,18,19)/b13-7-. The number of benzene rings is 2. The predicted octanol–water partition coefficient (Wildman–Crippen LogP) is 3.97. The van der Waals surface area contributed by atoms with Crippen LogP contribution in [0.4, 0.5) is 10.1 Å². The van der Waals surface area contributed by atoms with Crippen molar-refractivity contribution in [2.24, 2.45) is 0 Å². The lowest BCUT2D eigenvalue weighted by atomic mass is 10.0. The number of carbonyl (C=O) groups is 1. The molecule has 2 aromatic rings. The van der Waals surface area contributed by atoms with E-state index < -0.39 is 0 Å². The van der Waals surface area contributed by atoms with Gasteiger partial charge in [-0.2, -0.15) is 0 Å². The van der Waals surface area contributed by atoms with E-state index in [0.717, 1.165) is 11.3 Å². The molecule has 0 radical (unpaired) electrons. The first-order valence-corrected chi connectivity index (χ1v) is 6.10. The van der Waals surface area contributed by atoms with Gasteiger partial charge >= 0.3 is 0 Å². The molecule has 0 fully saturated rings. The van der Waals surface area contributed by atoms with Crippen LogP contribution in [0.2, 0.25) is 5.02 Å². The first-order chi connectivity index (χ1) is 9.13. The summed E-state index contributed by atoms with van der Waals surface area (Å²) in [5, 5.41) is 3.31. The van der Waals surface area contributed by atoms with E-state index in [0.29, 0.717) is 16.2 Å². The molecule has 0 aromatic heterocycles. The van der Waals surface area contributed by atoms with E-state index in [1.165, 1.54) is 12.1 Å². The first kappa shape index (κ1) is 11.9. The van der Waals surface area contributed by atoms with E-state index >= 15 is 0 Å². The molecule has 0 saturated heterocycles. The van der Waals surface area contributed by atoms with Crippen molar-refractivity contribution in [3.8, 4) is 0 Å². The molecule has 0 unspecified atom stereocenters. The molecular weight excluding hydrogens is 265 g/mol. The second-order valence-electron chi connectivity index (χ2n) is 4.26. The number of anilines is 1. The van der Waals surface area contributed by atoms with Gasteiger partial charge in [-0.15, -0.1) is 0 Å². The van der Waals surface area contributed by atoms with Crippen LogP contribution in [0.25, 0.3) is 11.6 Å². The van der Waals surface area contributed by atoms with Crippen LogP contribution in [0.1, 0.15) is 11.1 Å². The van der Waals surface area contributed by atoms with Crippen molar-refractivity contribution >= 4 is 34.8 Å². The topological polar surface area (TPSA) is 29.1 Å². The monoisotopic (exact) mass is 273 g/mol. The van der Waals surface area contributed by atoms with Crippen LogP contribution < -0.4 is 5.32 Å². The van der Waals surface area contributed by atoms with Gasteiger partial charge in [0.1, 0.15) is 5.82 Å². The summed E-state index contributed by atoms with van der Waals surface area (Å²) in [7, 11) is 0. The van der Waals surface area contributed by atoms with Gasteiger partial charge in [0.25, 0.3) is 5.91 Å². The summed E-state index contributed by atoms with van der Waals surface area (Å²) in [6, 6.07) is 11.3. The fraction of sp³-hybridized carbons (Fsp3) is 0. The maximum atomic E-state index is 13.1. The summed E-state index contributed by atoms with van der Waals surface area (Å²) in [5.74, 6) is -0.541. The lowest BCUT2D eigenvalue weighted by Gasteiger charge is -1.99. The minimum absolute atomic E-state index is 0.207. The Morgan fingerprint density at radius 3 is 2.79 bits per heavy atom. The van der Waals surface area contributed by atoms with Gasteiger partial charge in [-0.25, -0.2) is 4.39 Å². The summed E-state index contributed by atoms with van der Waals surface area (Å²) in [6.45, 7) is 0. The van der Waals surface area contributed by atoms with Crippen molar-refractivity contribution < 1.29 is 9.18 Å². The summed E-state index contributed by atoms with van der Waals surface area (Å²) < 4.78 is 13.1. The van der Waals surface area contributed by atoms with Crippen molar-refractivity contribution in [2.75, 3.05) is 5.32 Å². The van der Waals surface area contributed by atoms with E-state index in [1.54, 1.807) is 36.4 Å². The van der Waals surface area contributed by atoms with Gasteiger partial charge < -0.3 is 5.32 Å². The molecule has 1 aliphatic rings. The van der Waals surface area contributed by atoms with Crippen LogP contribution in [-0.2, 0) is 4.79 Å². The molecule has 19 heavy (non-hydrogen) atoms. The van der Waals surface area contributed by atoms with Crippen molar-refractivity contribution in [1.82, 2.24) is 0 Å². The first-order valence-electron chi connectivity index (χ1n) is 5.72. The SMILES string of the molecule is O=C1Nc2ccc(Cl)cc2/C1=C/c1cccc(F)c1. The van der Waals surface area contributed by atoms with Gasteiger partial charge in [0, 0.05) is 21.8 Å². The normalized spacial score (nSPS) is 15.5. The Kier molecular flexibility index (Phi) is 2.84. The van der Waals surface area contributed by atoms with Gasteiger partial charge in [-0.05, 0) is 42.0 Å². The summed E-state index contributed by atoms with van der Waals surface area (Å²) in [5.41, 5.74) is 2.58. The van der Waals surface area contributed by atoms with Crippen LogP contribution in [0.15, 0.2) is 42.5 Å². The molecule has 1 aliphatic heterocycles. The quantitative estimate of drug-likeness (QED) is 0.783. The van der Waals surface area contributed by atoms with Crippen LogP contribution in [0.3, 0.4) is 0 Å². The number of fused-ring (bicyclic) bond motifs is 1. The maximum absolute atomic E-state index is 13.1. The molecule has 4 heteroatoms. The average molecular weight is 274 g/mol. The van der Waals surface area contributed by atoms with Gasteiger partial charge in [0.2, 0.25) is 0 Å². The molecule has 2 nitrogen and oxygen atoms in total. The fourth-order valence-corrected chi connectivity index (χ4v) is 2.24. The highest BCUT2D eigenvalue weighted by atomic mass is 35.5. The fourth-order valence-electron chi connectivity index (χ4n) is 2.07. The zero-order valence-electron chi connectivity index (χ0n) is 9.78. The third-order valence-corrected chi connectivity index (χ3v) is 3.16. The Morgan fingerprint density at radius 2 is 2.00 bits per heavy atom. The molecule has 0 bridgehead atoms. The van der Waals surface area contributed by atoms with Crippen molar-refractivity contribution in [1.29, 1.82) is 0 Å². The molecule has 3 rings (SSSR count). The van der Waals surface area contributed by atoms with E-state index in [4.69, 9.17) is 11.6 Å². The molecule has 0 spiro atoms. The molecule has 94 valence electrons. The number of amides is 1. The molecule has 1 N–H and O–H groups in total. The smallest absolute Gasteiger partial charge is 0.256 e. The van der Waals surface area contributed by atoms with Crippen LogP contribution in [-0.4, -0.2) is 5.91 Å². The Hall–Kier alpha value is -2.13. The van der Waals surface area contributed by atoms with E-state index in [-0.39, 0.29) is 11.7 Å². The molecular formula is C15H9ClFNO. The lowest BCUT2D eigenvalue weighted by molar-refractivity contribution is -0.110. The lowest BCUT2D eigenvalue weighted by Crippen LogP contribution is -2.03. The predicted molar refractivity (Wildman–Crippen MR) is 74.4 cm³/mol. The Balaban J connectivity index is 2.11. The van der Waals surface area contributed by atoms with Gasteiger partial charge in [-0.1, -0.05) is 23.7 Å². The second-order valence-corrected chi connectivity index (χ2v) is 4.69. The highest BCUT2D eigenvalue weighted by molar-refractivity contribution is 6.36. The number of hydrogen-bond donors (Lipinski definition) is 1. The van der Waals surface area contributed by atoms with Crippen LogP contribution >= 0.6 is 11.6 Å². The number of carbonyl (C=O) groups excluding carboxylic acids is 1. The highest BCUT2D eigenvalue weighted by Gasteiger charge is 2.24. The van der Waals surface area contributed by atoms with Crippen molar-refractivity contribution in [3.63, 3.8) is 0 Å².